The highest BCUT2D eigenvalue weighted by Crippen LogP contribution is 2.22. The van der Waals surface area contributed by atoms with Crippen molar-refractivity contribution >= 4 is 10.8 Å². The van der Waals surface area contributed by atoms with Gasteiger partial charge in [0.15, 0.2) is 0 Å². The van der Waals surface area contributed by atoms with Crippen LogP contribution in [0.25, 0.3) is 10.8 Å². The topological polar surface area (TPSA) is 20.2 Å². The van der Waals surface area contributed by atoms with Crippen LogP contribution in [0.1, 0.15) is 16.7 Å². The summed E-state index contributed by atoms with van der Waals surface area (Å²) in [7, 11) is 0. The molecule has 0 aliphatic rings. The van der Waals surface area contributed by atoms with Gasteiger partial charge in [-0.15, -0.1) is 0 Å². The molecule has 0 amide bonds. The van der Waals surface area contributed by atoms with Gasteiger partial charge in [-0.2, -0.15) is 0 Å². The largest absolute Gasteiger partial charge is 0.392 e. The molecule has 0 spiro atoms. The van der Waals surface area contributed by atoms with Gasteiger partial charge in [0.05, 0.1) is 6.61 Å². The van der Waals surface area contributed by atoms with Crippen molar-refractivity contribution in [1.29, 1.82) is 0 Å². The molecule has 0 aliphatic heterocycles. The Morgan fingerprint density at radius 2 is 1.86 bits per heavy atom. The van der Waals surface area contributed by atoms with E-state index in [9.17, 15) is 0 Å². The molecule has 0 bridgehead atoms. The first-order valence-electron chi connectivity index (χ1n) is 4.82. The highest BCUT2D eigenvalue weighted by atomic mass is 16.3. The zero-order valence-electron chi connectivity index (χ0n) is 8.54. The van der Waals surface area contributed by atoms with Crippen LogP contribution in [0.2, 0.25) is 0 Å². The molecule has 72 valence electrons. The average molecular weight is 186 g/mol. The Balaban J connectivity index is 2.74. The predicted molar refractivity (Wildman–Crippen MR) is 59.3 cm³/mol. The summed E-state index contributed by atoms with van der Waals surface area (Å²) in [4.78, 5) is 0. The minimum Gasteiger partial charge on any atom is -0.392 e. The average Bonchev–Trinajstić information content (AvgIpc) is 2.23. The molecule has 0 aromatic heterocycles. The van der Waals surface area contributed by atoms with Crippen molar-refractivity contribution in [3.05, 3.63) is 47.0 Å². The molecule has 0 aliphatic carbocycles. The Hall–Kier alpha value is -1.34. The van der Waals surface area contributed by atoms with E-state index in [0.717, 1.165) is 5.56 Å². The second-order valence-corrected chi connectivity index (χ2v) is 3.72. The van der Waals surface area contributed by atoms with E-state index in [-0.39, 0.29) is 6.61 Å². The number of fused-ring (bicyclic) bond motifs is 1. The molecule has 0 radical (unpaired) electrons. The third kappa shape index (κ3) is 1.40. The van der Waals surface area contributed by atoms with Gasteiger partial charge >= 0.3 is 0 Å². The Morgan fingerprint density at radius 3 is 2.57 bits per heavy atom. The van der Waals surface area contributed by atoms with Crippen LogP contribution < -0.4 is 0 Å². The lowest BCUT2D eigenvalue weighted by Crippen LogP contribution is -1.86. The lowest BCUT2D eigenvalue weighted by atomic mass is 9.99. The second-order valence-electron chi connectivity index (χ2n) is 3.72. The number of rotatable bonds is 1. The molecule has 0 unspecified atom stereocenters. The van der Waals surface area contributed by atoms with Crippen LogP contribution in [0, 0.1) is 13.8 Å². The zero-order chi connectivity index (χ0) is 10.1. The second kappa shape index (κ2) is 3.43. The maximum Gasteiger partial charge on any atom is 0.0682 e. The highest BCUT2D eigenvalue weighted by molar-refractivity contribution is 5.87. The van der Waals surface area contributed by atoms with Crippen LogP contribution in [-0.4, -0.2) is 5.11 Å². The van der Waals surface area contributed by atoms with Crippen molar-refractivity contribution in [3.63, 3.8) is 0 Å². The molecule has 0 saturated carbocycles. The van der Waals surface area contributed by atoms with Crippen molar-refractivity contribution in [2.24, 2.45) is 0 Å². The summed E-state index contributed by atoms with van der Waals surface area (Å²) in [6.07, 6.45) is 0. The fourth-order valence-electron chi connectivity index (χ4n) is 1.74. The molecular weight excluding hydrogens is 172 g/mol. The molecule has 0 heterocycles. The van der Waals surface area contributed by atoms with Crippen molar-refractivity contribution < 1.29 is 5.11 Å². The zero-order valence-corrected chi connectivity index (χ0v) is 8.54. The molecule has 2 rings (SSSR count). The minimum absolute atomic E-state index is 0.114. The van der Waals surface area contributed by atoms with Crippen molar-refractivity contribution in [1.82, 2.24) is 0 Å². The summed E-state index contributed by atoms with van der Waals surface area (Å²) in [5, 5.41) is 11.5. The van der Waals surface area contributed by atoms with Gasteiger partial charge in [-0.25, -0.2) is 0 Å². The molecule has 0 fully saturated rings. The number of aliphatic hydroxyl groups excluding tert-OH is 1. The summed E-state index contributed by atoms with van der Waals surface area (Å²) in [6, 6.07) is 10.3. The normalized spacial score (nSPS) is 10.8. The quantitative estimate of drug-likeness (QED) is 0.726. The summed E-state index contributed by atoms with van der Waals surface area (Å²) < 4.78 is 0. The number of aliphatic hydroxyl groups is 1. The summed E-state index contributed by atoms with van der Waals surface area (Å²) in [5.41, 5.74) is 3.61. The van der Waals surface area contributed by atoms with Crippen molar-refractivity contribution in [2.75, 3.05) is 0 Å². The molecule has 14 heavy (non-hydrogen) atoms. The number of aryl methyl sites for hydroxylation is 2. The van der Waals surface area contributed by atoms with E-state index in [1.807, 2.05) is 12.1 Å². The van der Waals surface area contributed by atoms with Gasteiger partial charge in [0.1, 0.15) is 0 Å². The molecule has 1 heteroatoms. The SMILES string of the molecule is Cc1ccc2cc(CO)ccc2c1C. The van der Waals surface area contributed by atoms with E-state index in [0.29, 0.717) is 0 Å². The molecule has 1 N–H and O–H groups in total. The lowest BCUT2D eigenvalue weighted by molar-refractivity contribution is 0.282. The Bertz CT molecular complexity index is 472. The van der Waals surface area contributed by atoms with Gasteiger partial charge in [0.25, 0.3) is 0 Å². The number of hydrogen-bond acceptors (Lipinski definition) is 1. The van der Waals surface area contributed by atoms with Crippen molar-refractivity contribution in [3.8, 4) is 0 Å². The molecule has 2 aromatic carbocycles. The van der Waals surface area contributed by atoms with E-state index in [1.54, 1.807) is 0 Å². The smallest absolute Gasteiger partial charge is 0.0682 e. The first-order chi connectivity index (χ1) is 6.72. The van der Waals surface area contributed by atoms with Gasteiger partial charge in [0.2, 0.25) is 0 Å². The first-order valence-corrected chi connectivity index (χ1v) is 4.82. The third-order valence-electron chi connectivity index (χ3n) is 2.81. The summed E-state index contributed by atoms with van der Waals surface area (Å²) in [5.74, 6) is 0. The lowest BCUT2D eigenvalue weighted by Gasteiger charge is -2.06. The fraction of sp³-hybridized carbons (Fsp3) is 0.231. The number of benzene rings is 2. The standard InChI is InChI=1S/C13H14O/c1-9-3-5-12-7-11(8-14)4-6-13(12)10(9)2/h3-7,14H,8H2,1-2H3. The Labute approximate surface area is 84.0 Å². The van der Waals surface area contributed by atoms with E-state index in [2.05, 4.69) is 32.0 Å². The maximum absolute atomic E-state index is 9.02. The molecule has 0 atom stereocenters. The van der Waals surface area contributed by atoms with Crippen LogP contribution >= 0.6 is 0 Å². The van der Waals surface area contributed by atoms with Crippen LogP contribution in [-0.2, 0) is 6.61 Å². The summed E-state index contributed by atoms with van der Waals surface area (Å²) >= 11 is 0. The van der Waals surface area contributed by atoms with E-state index in [1.165, 1.54) is 21.9 Å². The van der Waals surface area contributed by atoms with E-state index >= 15 is 0 Å². The molecule has 0 saturated heterocycles. The van der Waals surface area contributed by atoms with E-state index < -0.39 is 0 Å². The number of hydrogen-bond donors (Lipinski definition) is 1. The van der Waals surface area contributed by atoms with Crippen LogP contribution in [0.4, 0.5) is 0 Å². The van der Waals surface area contributed by atoms with Crippen molar-refractivity contribution in [2.45, 2.75) is 20.5 Å². The Kier molecular flexibility index (Phi) is 2.26. The van der Waals surface area contributed by atoms with Gasteiger partial charge < -0.3 is 5.11 Å². The highest BCUT2D eigenvalue weighted by Gasteiger charge is 2.00. The van der Waals surface area contributed by atoms with Gasteiger partial charge in [-0.3, -0.25) is 0 Å². The van der Waals surface area contributed by atoms with Gasteiger partial charge in [-0.1, -0.05) is 24.3 Å². The third-order valence-corrected chi connectivity index (χ3v) is 2.81. The Morgan fingerprint density at radius 1 is 1.07 bits per heavy atom. The molecular formula is C13H14O. The molecule has 2 aromatic rings. The van der Waals surface area contributed by atoms with Crippen LogP contribution in [0.15, 0.2) is 30.3 Å². The fourth-order valence-corrected chi connectivity index (χ4v) is 1.74. The van der Waals surface area contributed by atoms with Crippen LogP contribution in [0.3, 0.4) is 0 Å². The molecule has 1 nitrogen and oxygen atoms in total. The van der Waals surface area contributed by atoms with Gasteiger partial charge in [0, 0.05) is 0 Å². The van der Waals surface area contributed by atoms with Crippen LogP contribution in [0.5, 0.6) is 0 Å². The predicted octanol–water partition coefficient (Wildman–Crippen LogP) is 2.95. The summed E-state index contributed by atoms with van der Waals surface area (Å²) in [6.45, 7) is 4.37. The van der Waals surface area contributed by atoms with E-state index in [4.69, 9.17) is 5.11 Å². The van der Waals surface area contributed by atoms with Gasteiger partial charge in [-0.05, 0) is 47.4 Å². The minimum atomic E-state index is 0.114. The first kappa shape index (κ1) is 9.22. The maximum atomic E-state index is 9.02. The monoisotopic (exact) mass is 186 g/mol.